The van der Waals surface area contributed by atoms with E-state index in [0.717, 1.165) is 21.7 Å². The van der Waals surface area contributed by atoms with Crippen LogP contribution in [-0.2, 0) is 14.3 Å². The molecule has 2 aliphatic heterocycles. The monoisotopic (exact) mass is 533 g/mol. The normalized spacial score (nSPS) is 18.2. The molecule has 2 aliphatic rings. The number of hydrogen-bond donors (Lipinski definition) is 0. The lowest BCUT2D eigenvalue weighted by Crippen LogP contribution is -2.41. The summed E-state index contributed by atoms with van der Waals surface area (Å²) in [6, 6.07) is 14.6. The summed E-state index contributed by atoms with van der Waals surface area (Å²) in [5, 5.41) is 0. The van der Waals surface area contributed by atoms with E-state index in [4.69, 9.17) is 4.74 Å². The van der Waals surface area contributed by atoms with E-state index in [9.17, 15) is 14.4 Å². The van der Waals surface area contributed by atoms with Crippen LogP contribution in [0, 0.1) is 0 Å². The lowest BCUT2D eigenvalue weighted by molar-refractivity contribution is -0.143. The first-order chi connectivity index (χ1) is 17.8. The number of benzene rings is 2. The summed E-state index contributed by atoms with van der Waals surface area (Å²) in [6.07, 6.45) is 1.66. The fourth-order valence-corrected chi connectivity index (χ4v) is 6.37. The summed E-state index contributed by atoms with van der Waals surface area (Å²) in [7, 11) is 0. The molecule has 5 rings (SSSR count). The van der Waals surface area contributed by atoms with E-state index >= 15 is 0 Å². The number of ether oxygens (including phenoxy) is 1. The van der Waals surface area contributed by atoms with Crippen LogP contribution in [0.5, 0.6) is 0 Å². The number of nitrogens with zero attached hydrogens (tertiary/aromatic N) is 3. The standard InChI is InChI=1S/C28H27N3O4S2/c1-6-30-20-10-8-7-9-19(20)22(25(30)32)24-26(33)31-23(17-11-13-18(36-5)14-12-17)21(27(34)35-15(2)3)16(4)29-28(31)37-24/h7-15,23H,6H2,1-5H3/b24-22-/t23-/m0/s1. The first-order valence-electron chi connectivity index (χ1n) is 12.1. The molecule has 3 heterocycles. The van der Waals surface area contributed by atoms with Crippen LogP contribution in [0.3, 0.4) is 0 Å². The Morgan fingerprint density at radius 1 is 1.14 bits per heavy atom. The van der Waals surface area contributed by atoms with Gasteiger partial charge in [0.05, 0.1) is 34.7 Å². The Hall–Kier alpha value is -3.43. The Balaban J connectivity index is 1.80. The van der Waals surface area contributed by atoms with E-state index in [0.29, 0.717) is 32.7 Å². The van der Waals surface area contributed by atoms with Gasteiger partial charge in [0.1, 0.15) is 4.53 Å². The molecule has 1 amide bonds. The smallest absolute Gasteiger partial charge is 0.338 e. The molecule has 190 valence electrons. The zero-order valence-corrected chi connectivity index (χ0v) is 22.9. The van der Waals surface area contributed by atoms with Crippen LogP contribution < -0.4 is 19.8 Å². The highest BCUT2D eigenvalue weighted by atomic mass is 32.2. The predicted octanol–water partition coefficient (Wildman–Crippen LogP) is 3.65. The summed E-state index contributed by atoms with van der Waals surface area (Å²) in [6.45, 7) is 7.74. The van der Waals surface area contributed by atoms with Crippen molar-refractivity contribution in [2.45, 2.75) is 44.7 Å². The van der Waals surface area contributed by atoms with Gasteiger partial charge >= 0.3 is 5.97 Å². The molecule has 7 nitrogen and oxygen atoms in total. The van der Waals surface area contributed by atoms with Crippen LogP contribution in [0.2, 0.25) is 0 Å². The number of rotatable bonds is 5. The maximum Gasteiger partial charge on any atom is 0.338 e. The number of para-hydroxylation sites is 1. The van der Waals surface area contributed by atoms with Gasteiger partial charge in [-0.05, 0) is 57.7 Å². The van der Waals surface area contributed by atoms with Gasteiger partial charge in [-0.25, -0.2) is 9.79 Å². The van der Waals surface area contributed by atoms with Crippen LogP contribution in [0.25, 0.3) is 5.57 Å². The van der Waals surface area contributed by atoms with Gasteiger partial charge in [-0.2, -0.15) is 0 Å². The second-order valence-corrected chi connectivity index (χ2v) is 10.9. The van der Waals surface area contributed by atoms with Gasteiger partial charge in [0, 0.05) is 17.0 Å². The quantitative estimate of drug-likeness (QED) is 0.370. The minimum absolute atomic E-state index is 0.204. The van der Waals surface area contributed by atoms with E-state index in [1.165, 1.54) is 15.9 Å². The van der Waals surface area contributed by atoms with Gasteiger partial charge in [-0.3, -0.25) is 14.2 Å². The van der Waals surface area contributed by atoms with E-state index < -0.39 is 12.0 Å². The molecule has 9 heteroatoms. The van der Waals surface area contributed by atoms with E-state index in [1.807, 2.05) is 61.7 Å². The van der Waals surface area contributed by atoms with Crippen molar-refractivity contribution in [3.63, 3.8) is 0 Å². The second-order valence-electron chi connectivity index (χ2n) is 9.07. The van der Waals surface area contributed by atoms with Crippen LogP contribution in [-0.4, -0.2) is 35.3 Å². The van der Waals surface area contributed by atoms with Crippen LogP contribution >= 0.6 is 23.1 Å². The fraction of sp³-hybridized carbons (Fsp3) is 0.286. The number of allylic oxidation sites excluding steroid dienone is 1. The Labute approximate surface area is 222 Å². The third kappa shape index (κ3) is 4.16. The van der Waals surface area contributed by atoms with E-state index in [1.54, 1.807) is 37.4 Å². The Bertz CT molecular complexity index is 1630. The molecule has 0 bridgehead atoms. The highest BCUT2D eigenvalue weighted by molar-refractivity contribution is 7.98. The molecular weight excluding hydrogens is 506 g/mol. The summed E-state index contributed by atoms with van der Waals surface area (Å²) >= 11 is 2.80. The number of esters is 1. The molecule has 1 atom stereocenters. The highest BCUT2D eigenvalue weighted by Gasteiger charge is 2.37. The number of carbonyl (C=O) groups excluding carboxylic acids is 2. The minimum atomic E-state index is -0.721. The number of fused-ring (bicyclic) bond motifs is 2. The number of thiazole rings is 1. The van der Waals surface area contributed by atoms with Crippen molar-refractivity contribution >= 4 is 46.2 Å². The first kappa shape index (κ1) is 25.2. The van der Waals surface area contributed by atoms with Crippen molar-refractivity contribution in [3.8, 4) is 0 Å². The number of likely N-dealkylation sites (N-methyl/N-ethyl adjacent to an activating group) is 1. The third-order valence-corrected chi connectivity index (χ3v) is 8.25. The molecule has 1 aromatic heterocycles. The predicted molar refractivity (Wildman–Crippen MR) is 147 cm³/mol. The number of carbonyl (C=O) groups is 2. The SMILES string of the molecule is CCN1C(=O)/C(=c2\sc3n(c2=O)[C@@H](c2ccc(SC)cc2)C(C(=O)OC(C)C)=C(C)N=3)c2ccccc21. The van der Waals surface area contributed by atoms with Crippen LogP contribution in [0.4, 0.5) is 5.69 Å². The summed E-state index contributed by atoms with van der Waals surface area (Å²) in [5.41, 5.74) is 3.15. The molecule has 0 fully saturated rings. The molecule has 0 unspecified atom stereocenters. The Morgan fingerprint density at radius 2 is 1.84 bits per heavy atom. The van der Waals surface area contributed by atoms with Gasteiger partial charge in [0.25, 0.3) is 11.5 Å². The molecule has 0 spiro atoms. The summed E-state index contributed by atoms with van der Waals surface area (Å²) in [5.74, 6) is -0.711. The molecular formula is C28H27N3O4S2. The third-order valence-electron chi connectivity index (χ3n) is 6.46. The van der Waals surface area contributed by atoms with E-state index in [2.05, 4.69) is 4.99 Å². The van der Waals surface area contributed by atoms with Crippen LogP contribution in [0.1, 0.15) is 44.9 Å². The van der Waals surface area contributed by atoms with Gasteiger partial charge in [0.15, 0.2) is 4.80 Å². The van der Waals surface area contributed by atoms with Gasteiger partial charge in [-0.15, -0.1) is 11.8 Å². The molecule has 0 saturated heterocycles. The number of hydrogen-bond acceptors (Lipinski definition) is 7. The molecule has 2 aromatic carbocycles. The number of aromatic nitrogens is 1. The highest BCUT2D eigenvalue weighted by Crippen LogP contribution is 2.35. The summed E-state index contributed by atoms with van der Waals surface area (Å²) in [4.78, 5) is 48.7. The lowest BCUT2D eigenvalue weighted by atomic mass is 9.96. The van der Waals surface area contributed by atoms with Gasteiger partial charge in [0.2, 0.25) is 0 Å². The number of thioether (sulfide) groups is 1. The lowest BCUT2D eigenvalue weighted by Gasteiger charge is -2.25. The molecule has 0 saturated carbocycles. The average Bonchev–Trinajstić information content (AvgIpc) is 3.34. The van der Waals surface area contributed by atoms with Crippen molar-refractivity contribution < 1.29 is 14.3 Å². The average molecular weight is 534 g/mol. The first-order valence-corrected chi connectivity index (χ1v) is 14.1. The molecule has 0 N–H and O–H groups in total. The zero-order valence-electron chi connectivity index (χ0n) is 21.3. The van der Waals surface area contributed by atoms with Gasteiger partial charge < -0.3 is 9.64 Å². The number of anilines is 1. The molecule has 3 aromatic rings. The second kappa shape index (κ2) is 9.79. The molecule has 0 aliphatic carbocycles. The Morgan fingerprint density at radius 3 is 2.49 bits per heavy atom. The molecule has 0 radical (unpaired) electrons. The fourth-order valence-electron chi connectivity index (χ4n) is 4.83. The van der Waals surface area contributed by atoms with Crippen LogP contribution in [0.15, 0.2) is 74.5 Å². The maximum atomic E-state index is 14.1. The van der Waals surface area contributed by atoms with Crippen molar-refractivity contribution in [1.82, 2.24) is 4.57 Å². The topological polar surface area (TPSA) is 81.0 Å². The van der Waals surface area contributed by atoms with E-state index in [-0.39, 0.29) is 17.6 Å². The minimum Gasteiger partial charge on any atom is -0.459 e. The van der Waals surface area contributed by atoms with Crippen molar-refractivity contribution in [1.29, 1.82) is 0 Å². The molecule has 37 heavy (non-hydrogen) atoms. The maximum absolute atomic E-state index is 14.1. The van der Waals surface area contributed by atoms with Crippen molar-refractivity contribution in [2.24, 2.45) is 4.99 Å². The number of amides is 1. The largest absolute Gasteiger partial charge is 0.459 e. The van der Waals surface area contributed by atoms with Crippen molar-refractivity contribution in [2.75, 3.05) is 17.7 Å². The van der Waals surface area contributed by atoms with Crippen molar-refractivity contribution in [3.05, 3.63) is 90.6 Å². The Kier molecular flexibility index (Phi) is 6.68. The van der Waals surface area contributed by atoms with Gasteiger partial charge in [-0.1, -0.05) is 41.7 Å². The summed E-state index contributed by atoms with van der Waals surface area (Å²) < 4.78 is 7.43. The zero-order chi connectivity index (χ0) is 26.4.